The zero-order valence-electron chi connectivity index (χ0n) is 20.0. The number of carbonyl (C=O) groups excluding carboxylic acids is 2. The molecule has 3 nitrogen and oxygen atoms in total. The molecule has 0 unspecified atom stereocenters. The summed E-state index contributed by atoms with van der Waals surface area (Å²) in [7, 11) is 0. The number of Topliss-reactive ketones (excluding diaryl/α,β-unsaturated/α-hetero) is 2. The number of para-hydroxylation sites is 1. The predicted molar refractivity (Wildman–Crippen MR) is 150 cm³/mol. The van der Waals surface area contributed by atoms with E-state index in [2.05, 4.69) is 30.9 Å². The van der Waals surface area contributed by atoms with Crippen molar-refractivity contribution in [2.75, 3.05) is 4.90 Å². The summed E-state index contributed by atoms with van der Waals surface area (Å²) in [6.07, 6.45) is 1.69. The minimum atomic E-state index is -0.294. The molecule has 7 rings (SSSR count). The zero-order valence-corrected chi connectivity index (χ0v) is 21.7. The molecule has 0 atom stereocenters. The Hall–Kier alpha value is -3.87. The van der Waals surface area contributed by atoms with Gasteiger partial charge in [0.1, 0.15) is 10.8 Å². The van der Waals surface area contributed by atoms with Crippen LogP contribution in [-0.2, 0) is 5.41 Å². The minimum absolute atomic E-state index is 0.188. The lowest BCUT2D eigenvalue weighted by Gasteiger charge is -2.41. The Morgan fingerprint density at radius 2 is 1.59 bits per heavy atom. The Morgan fingerprint density at radius 3 is 2.43 bits per heavy atom. The van der Waals surface area contributed by atoms with Crippen LogP contribution in [0.3, 0.4) is 0 Å². The third-order valence-corrected chi connectivity index (χ3v) is 9.28. The van der Waals surface area contributed by atoms with Crippen LogP contribution in [0, 0.1) is 5.82 Å². The summed E-state index contributed by atoms with van der Waals surface area (Å²) in [5, 5.41) is 3.82. The molecule has 0 fully saturated rings. The lowest BCUT2D eigenvalue weighted by molar-refractivity contribution is 0.0990. The number of thiophene rings is 2. The number of ketones is 2. The number of hydrogen-bond donors (Lipinski definition) is 0. The second-order valence-corrected chi connectivity index (χ2v) is 11.9. The number of hydrogen-bond acceptors (Lipinski definition) is 5. The largest absolute Gasteiger partial charge is 0.301 e. The van der Waals surface area contributed by atoms with Crippen LogP contribution < -0.4 is 4.90 Å². The van der Waals surface area contributed by atoms with Gasteiger partial charge in [-0.25, -0.2) is 4.39 Å². The van der Waals surface area contributed by atoms with E-state index >= 15 is 0 Å². The van der Waals surface area contributed by atoms with Gasteiger partial charge in [0.05, 0.1) is 16.9 Å². The summed E-state index contributed by atoms with van der Waals surface area (Å²) in [5.74, 6) is -0.763. The Balaban J connectivity index is 1.33. The van der Waals surface area contributed by atoms with Crippen LogP contribution in [0.25, 0.3) is 16.2 Å². The van der Waals surface area contributed by atoms with Crippen LogP contribution in [0.1, 0.15) is 50.6 Å². The maximum atomic E-state index is 14.5. The van der Waals surface area contributed by atoms with E-state index in [-0.39, 0.29) is 28.4 Å². The van der Waals surface area contributed by atoms with Crippen LogP contribution in [0.15, 0.2) is 83.7 Å². The molecular weight excluding hydrogens is 501 g/mol. The van der Waals surface area contributed by atoms with Gasteiger partial charge in [0.15, 0.2) is 11.6 Å². The van der Waals surface area contributed by atoms with Crippen LogP contribution in [0.2, 0.25) is 0 Å². The molecule has 37 heavy (non-hydrogen) atoms. The average molecular weight is 522 g/mol. The Labute approximate surface area is 221 Å². The van der Waals surface area contributed by atoms with Gasteiger partial charge >= 0.3 is 0 Å². The third kappa shape index (κ3) is 3.22. The summed E-state index contributed by atoms with van der Waals surface area (Å²) in [4.78, 5) is 29.2. The molecule has 1 aliphatic heterocycles. The van der Waals surface area contributed by atoms with Crippen molar-refractivity contribution >= 4 is 66.8 Å². The summed E-state index contributed by atoms with van der Waals surface area (Å²) in [5.41, 5.74) is 4.82. The standard InChI is InChI=1S/C31H20FNO2S2/c1-31(2)23-5-3-4-6-25(23)33(26-14-18(32)7-9-24(26)31)28-10-8-19(37-28)15-22-29(34)20-13-17-11-12-36-27(17)16-21(20)30(22)35/h3-16H,1-2H3/b22-15-. The molecule has 0 amide bonds. The Kier molecular flexibility index (Phi) is 4.72. The van der Waals surface area contributed by atoms with Crippen molar-refractivity contribution in [2.45, 2.75) is 19.3 Å². The van der Waals surface area contributed by atoms with Crippen LogP contribution in [0.4, 0.5) is 20.8 Å². The number of carbonyl (C=O) groups is 2. The van der Waals surface area contributed by atoms with Gasteiger partial charge in [0, 0.05) is 26.1 Å². The van der Waals surface area contributed by atoms with Crippen molar-refractivity contribution in [3.63, 3.8) is 0 Å². The SMILES string of the molecule is CC1(C)c2ccccc2N(c2ccc(/C=C3/C(=O)c4cc5ccsc5cc4C3=O)s2)c2cc(F)ccc21. The second-order valence-electron chi connectivity index (χ2n) is 9.89. The normalized spacial score (nSPS) is 16.8. The van der Waals surface area contributed by atoms with E-state index in [4.69, 9.17) is 0 Å². The number of fused-ring (bicyclic) bond motifs is 4. The number of halogens is 1. The van der Waals surface area contributed by atoms with Gasteiger partial charge < -0.3 is 4.90 Å². The maximum Gasteiger partial charge on any atom is 0.197 e. The van der Waals surface area contributed by atoms with Crippen LogP contribution >= 0.6 is 22.7 Å². The second kappa shape index (κ2) is 7.81. The number of benzene rings is 3. The first kappa shape index (κ1) is 22.3. The molecule has 0 N–H and O–H groups in total. The number of nitrogens with zero attached hydrogens (tertiary/aromatic N) is 1. The van der Waals surface area contributed by atoms with Gasteiger partial charge in [-0.15, -0.1) is 22.7 Å². The molecule has 2 aliphatic rings. The first-order valence-corrected chi connectivity index (χ1v) is 13.6. The highest BCUT2D eigenvalue weighted by Crippen LogP contribution is 2.53. The monoisotopic (exact) mass is 521 g/mol. The first-order valence-electron chi connectivity index (χ1n) is 11.9. The maximum absolute atomic E-state index is 14.5. The summed E-state index contributed by atoms with van der Waals surface area (Å²) < 4.78 is 15.5. The number of rotatable bonds is 2. The average Bonchev–Trinajstić information content (AvgIpc) is 3.59. The summed E-state index contributed by atoms with van der Waals surface area (Å²) >= 11 is 3.03. The fraction of sp³-hybridized carbons (Fsp3) is 0.0968. The van der Waals surface area contributed by atoms with Crippen molar-refractivity contribution in [2.24, 2.45) is 0 Å². The zero-order chi connectivity index (χ0) is 25.5. The molecule has 2 aromatic heterocycles. The lowest BCUT2D eigenvalue weighted by Crippen LogP contribution is -2.30. The van der Waals surface area contributed by atoms with Gasteiger partial charge in [-0.1, -0.05) is 38.1 Å². The predicted octanol–water partition coefficient (Wildman–Crippen LogP) is 8.67. The van der Waals surface area contributed by atoms with Crippen molar-refractivity contribution in [3.05, 3.63) is 117 Å². The highest BCUT2D eigenvalue weighted by atomic mass is 32.1. The van der Waals surface area contributed by atoms with Gasteiger partial charge in [-0.3, -0.25) is 9.59 Å². The molecular formula is C31H20FNO2S2. The molecule has 180 valence electrons. The van der Waals surface area contributed by atoms with E-state index in [0.29, 0.717) is 11.1 Å². The highest BCUT2D eigenvalue weighted by Gasteiger charge is 2.38. The molecule has 0 radical (unpaired) electrons. The minimum Gasteiger partial charge on any atom is -0.301 e. The van der Waals surface area contributed by atoms with Crippen molar-refractivity contribution in [3.8, 4) is 0 Å². The van der Waals surface area contributed by atoms with E-state index < -0.39 is 0 Å². The third-order valence-electron chi connectivity index (χ3n) is 7.38. The van der Waals surface area contributed by atoms with E-state index in [0.717, 1.165) is 42.5 Å². The Morgan fingerprint density at radius 1 is 0.838 bits per heavy atom. The topological polar surface area (TPSA) is 37.4 Å². The molecule has 1 aliphatic carbocycles. The molecule has 0 bridgehead atoms. The van der Waals surface area contributed by atoms with Gasteiger partial charge in [0.2, 0.25) is 0 Å². The van der Waals surface area contributed by atoms with Crippen molar-refractivity contribution in [1.82, 2.24) is 0 Å². The van der Waals surface area contributed by atoms with Crippen molar-refractivity contribution in [1.29, 1.82) is 0 Å². The molecule has 0 spiro atoms. The van der Waals surface area contributed by atoms with Crippen LogP contribution in [0.5, 0.6) is 0 Å². The van der Waals surface area contributed by atoms with E-state index in [9.17, 15) is 14.0 Å². The van der Waals surface area contributed by atoms with Crippen LogP contribution in [-0.4, -0.2) is 11.6 Å². The quantitative estimate of drug-likeness (QED) is 0.172. The van der Waals surface area contributed by atoms with E-state index in [1.165, 1.54) is 17.4 Å². The van der Waals surface area contributed by atoms with Gasteiger partial charge in [-0.2, -0.15) is 0 Å². The fourth-order valence-corrected chi connectivity index (χ4v) is 7.31. The molecule has 5 aromatic rings. The lowest BCUT2D eigenvalue weighted by atomic mass is 9.74. The molecule has 0 saturated heterocycles. The summed E-state index contributed by atoms with van der Waals surface area (Å²) in [6.45, 7) is 4.31. The van der Waals surface area contributed by atoms with Crippen molar-refractivity contribution < 1.29 is 14.0 Å². The first-order chi connectivity index (χ1) is 17.8. The van der Waals surface area contributed by atoms with Gasteiger partial charge in [0.25, 0.3) is 0 Å². The molecule has 3 aromatic carbocycles. The smallest absolute Gasteiger partial charge is 0.197 e. The van der Waals surface area contributed by atoms with E-state index in [1.807, 2.05) is 53.9 Å². The van der Waals surface area contributed by atoms with Gasteiger partial charge in [-0.05, 0) is 76.5 Å². The number of allylic oxidation sites excluding steroid dienone is 1. The summed E-state index contributed by atoms with van der Waals surface area (Å²) in [6, 6.07) is 22.6. The molecule has 0 saturated carbocycles. The van der Waals surface area contributed by atoms with E-state index in [1.54, 1.807) is 23.5 Å². The number of anilines is 3. The molecule has 6 heteroatoms. The highest BCUT2D eigenvalue weighted by molar-refractivity contribution is 7.17. The fourth-order valence-electron chi connectivity index (χ4n) is 5.52. The Bertz CT molecular complexity index is 1770. The molecule has 3 heterocycles.